The van der Waals surface area contributed by atoms with E-state index in [0.29, 0.717) is 5.92 Å². The van der Waals surface area contributed by atoms with E-state index in [1.54, 1.807) is 0 Å². The van der Waals surface area contributed by atoms with Gasteiger partial charge >= 0.3 is 0 Å². The van der Waals surface area contributed by atoms with Gasteiger partial charge in [-0.2, -0.15) is 5.10 Å². The average Bonchev–Trinajstić information content (AvgIpc) is 3.43. The molecule has 6 rings (SSSR count). The quantitative estimate of drug-likeness (QED) is 0.648. The van der Waals surface area contributed by atoms with Gasteiger partial charge in [-0.15, -0.1) is 0 Å². The van der Waals surface area contributed by atoms with Crippen LogP contribution in [0.3, 0.4) is 0 Å². The number of nitrogens with one attached hydrogen (secondary N) is 1. The van der Waals surface area contributed by atoms with E-state index in [9.17, 15) is 5.11 Å². The van der Waals surface area contributed by atoms with Crippen molar-refractivity contribution in [3.05, 3.63) is 54.4 Å². The van der Waals surface area contributed by atoms with Crippen LogP contribution in [0.25, 0.3) is 16.6 Å². The molecule has 0 bridgehead atoms. The fourth-order valence-electron chi connectivity index (χ4n) is 5.52. The van der Waals surface area contributed by atoms with Gasteiger partial charge in [0.2, 0.25) is 0 Å². The maximum absolute atomic E-state index is 10.5. The molecule has 168 valence electrons. The Balaban J connectivity index is 1.23. The van der Waals surface area contributed by atoms with Crippen molar-refractivity contribution < 1.29 is 5.11 Å². The topological polar surface area (TPSA) is 56.0 Å². The normalized spacial score (nSPS) is 25.5. The zero-order chi connectivity index (χ0) is 21.7. The van der Waals surface area contributed by atoms with Crippen molar-refractivity contribution in [3.63, 3.8) is 0 Å². The van der Waals surface area contributed by atoms with Crippen molar-refractivity contribution in [2.45, 2.75) is 44.4 Å². The van der Waals surface area contributed by atoms with E-state index in [1.807, 2.05) is 10.7 Å². The first-order valence-electron chi connectivity index (χ1n) is 12.1. The largest absolute Gasteiger partial charge is 0.378 e. The Morgan fingerprint density at radius 1 is 1.06 bits per heavy atom. The maximum Gasteiger partial charge on any atom is 0.110 e. The maximum atomic E-state index is 10.5. The number of rotatable bonds is 5. The van der Waals surface area contributed by atoms with Crippen molar-refractivity contribution in [3.8, 4) is 11.1 Å². The molecule has 2 aliphatic heterocycles. The second-order valence-electron chi connectivity index (χ2n) is 9.99. The summed E-state index contributed by atoms with van der Waals surface area (Å²) in [6.07, 6.45) is 8.57. The minimum absolute atomic E-state index is 0.105. The van der Waals surface area contributed by atoms with Crippen LogP contribution in [0.4, 0.5) is 5.69 Å². The number of benzene rings is 1. The molecule has 2 saturated heterocycles. The summed E-state index contributed by atoms with van der Waals surface area (Å²) in [6.45, 7) is 7.10. The van der Waals surface area contributed by atoms with Crippen LogP contribution in [0.2, 0.25) is 0 Å². The van der Waals surface area contributed by atoms with Crippen molar-refractivity contribution in [1.82, 2.24) is 19.8 Å². The molecule has 4 heterocycles. The highest BCUT2D eigenvalue weighted by Gasteiger charge is 2.35. The lowest BCUT2D eigenvalue weighted by Gasteiger charge is -2.38. The summed E-state index contributed by atoms with van der Waals surface area (Å²) in [5, 5.41) is 18.7. The van der Waals surface area contributed by atoms with Crippen LogP contribution >= 0.6 is 0 Å². The van der Waals surface area contributed by atoms with E-state index in [1.165, 1.54) is 48.1 Å². The number of aromatic nitrogens is 2. The minimum atomic E-state index is -0.251. The summed E-state index contributed by atoms with van der Waals surface area (Å²) in [7, 11) is 0. The number of piperazine rings is 1. The van der Waals surface area contributed by atoms with Gasteiger partial charge in [0.25, 0.3) is 0 Å². The summed E-state index contributed by atoms with van der Waals surface area (Å²) in [5.74, 6) is 0.501. The van der Waals surface area contributed by atoms with Crippen LogP contribution < -0.4 is 10.2 Å². The fraction of sp³-hybridized carbons (Fsp3) is 0.500. The molecule has 1 aromatic carbocycles. The molecule has 1 unspecified atom stereocenters. The molecule has 2 atom stereocenters. The lowest BCUT2D eigenvalue weighted by molar-refractivity contribution is -0.0158. The SMILES string of the molecule is C[C@@]1(c2ccc(-c3cc4c(N5CCN(C(O)C6CC6)CC5)ccnn4c3)cc2)CCCN1. The number of aliphatic hydroxyl groups is 1. The number of aliphatic hydroxyl groups excluding tert-OH is 1. The van der Waals surface area contributed by atoms with Gasteiger partial charge < -0.3 is 15.3 Å². The van der Waals surface area contributed by atoms with Gasteiger partial charge in [-0.25, -0.2) is 4.52 Å². The molecule has 3 aromatic rings. The van der Waals surface area contributed by atoms with E-state index >= 15 is 0 Å². The van der Waals surface area contributed by atoms with Crippen molar-refractivity contribution in [1.29, 1.82) is 0 Å². The summed E-state index contributed by atoms with van der Waals surface area (Å²) in [4.78, 5) is 4.68. The monoisotopic (exact) mass is 431 g/mol. The van der Waals surface area contributed by atoms with E-state index in [0.717, 1.165) is 38.2 Å². The minimum Gasteiger partial charge on any atom is -0.378 e. The second-order valence-corrected chi connectivity index (χ2v) is 9.99. The predicted octanol–water partition coefficient (Wildman–Crippen LogP) is 3.45. The van der Waals surface area contributed by atoms with Gasteiger partial charge in [-0.05, 0) is 68.3 Å². The van der Waals surface area contributed by atoms with Gasteiger partial charge in [0.05, 0.1) is 11.2 Å². The van der Waals surface area contributed by atoms with E-state index in [2.05, 4.69) is 69.7 Å². The van der Waals surface area contributed by atoms with Gasteiger partial charge in [-0.3, -0.25) is 4.90 Å². The average molecular weight is 432 g/mol. The summed E-state index contributed by atoms with van der Waals surface area (Å²) in [5.41, 5.74) is 6.27. The van der Waals surface area contributed by atoms with E-state index in [4.69, 9.17) is 0 Å². The number of hydrogen-bond donors (Lipinski definition) is 2. The first-order chi connectivity index (χ1) is 15.6. The number of hydrogen-bond acceptors (Lipinski definition) is 5. The van der Waals surface area contributed by atoms with Crippen LogP contribution in [0.15, 0.2) is 48.8 Å². The molecule has 0 radical (unpaired) electrons. The Morgan fingerprint density at radius 2 is 1.84 bits per heavy atom. The molecule has 2 N–H and O–H groups in total. The second kappa shape index (κ2) is 7.87. The first kappa shape index (κ1) is 20.2. The summed E-state index contributed by atoms with van der Waals surface area (Å²) < 4.78 is 2.00. The Morgan fingerprint density at radius 3 is 2.53 bits per heavy atom. The van der Waals surface area contributed by atoms with Crippen LogP contribution in [0.1, 0.15) is 38.2 Å². The fourth-order valence-corrected chi connectivity index (χ4v) is 5.52. The Bertz CT molecular complexity index is 1090. The third-order valence-corrected chi connectivity index (χ3v) is 7.78. The molecule has 3 fully saturated rings. The van der Waals surface area contributed by atoms with Crippen molar-refractivity contribution in [2.75, 3.05) is 37.6 Å². The molecule has 1 saturated carbocycles. The molecular weight excluding hydrogens is 398 g/mol. The predicted molar refractivity (Wildman–Crippen MR) is 128 cm³/mol. The lowest BCUT2D eigenvalue weighted by atomic mass is 9.89. The van der Waals surface area contributed by atoms with E-state index < -0.39 is 0 Å². The highest BCUT2D eigenvalue weighted by molar-refractivity contribution is 5.80. The third kappa shape index (κ3) is 3.60. The number of fused-ring (bicyclic) bond motifs is 1. The number of nitrogens with zero attached hydrogens (tertiary/aromatic N) is 4. The van der Waals surface area contributed by atoms with Gasteiger partial charge in [0.1, 0.15) is 6.23 Å². The standard InChI is InChI=1S/C26H33N5O/c1-26(10-2-11-27-26)22-7-5-19(6-8-22)21-17-24-23(9-12-28-31(24)18-21)29-13-15-30(16-14-29)25(32)20-3-4-20/h5-9,12,17-18,20,25,27,32H,2-4,10-11,13-16H2,1H3/t25?,26-/m0/s1. The van der Waals surface area contributed by atoms with Crippen LogP contribution in [0.5, 0.6) is 0 Å². The zero-order valence-corrected chi connectivity index (χ0v) is 18.9. The Labute approximate surface area is 189 Å². The first-order valence-corrected chi connectivity index (χ1v) is 12.1. The van der Waals surface area contributed by atoms with Gasteiger partial charge in [-0.1, -0.05) is 24.3 Å². The van der Waals surface area contributed by atoms with Crippen molar-refractivity contribution >= 4 is 11.2 Å². The highest BCUT2D eigenvalue weighted by atomic mass is 16.3. The summed E-state index contributed by atoms with van der Waals surface area (Å²) in [6, 6.07) is 13.4. The molecule has 2 aromatic heterocycles. The Kier molecular flexibility index (Phi) is 4.97. The molecular formula is C26H33N5O. The van der Waals surface area contributed by atoms with Gasteiger partial charge in [0, 0.05) is 49.7 Å². The molecule has 0 amide bonds. The molecule has 6 heteroatoms. The van der Waals surface area contributed by atoms with Crippen LogP contribution in [-0.2, 0) is 5.54 Å². The molecule has 0 spiro atoms. The molecule has 32 heavy (non-hydrogen) atoms. The third-order valence-electron chi connectivity index (χ3n) is 7.78. The van der Waals surface area contributed by atoms with Gasteiger partial charge in [0.15, 0.2) is 0 Å². The molecule has 6 nitrogen and oxygen atoms in total. The highest BCUT2D eigenvalue weighted by Crippen LogP contribution is 2.36. The van der Waals surface area contributed by atoms with E-state index in [-0.39, 0.29) is 11.8 Å². The lowest BCUT2D eigenvalue weighted by Crippen LogP contribution is -2.51. The molecule has 1 aliphatic carbocycles. The van der Waals surface area contributed by atoms with Crippen LogP contribution in [-0.4, -0.2) is 58.6 Å². The van der Waals surface area contributed by atoms with Crippen LogP contribution in [0, 0.1) is 5.92 Å². The van der Waals surface area contributed by atoms with Crippen molar-refractivity contribution in [2.24, 2.45) is 5.92 Å². The Hall–Kier alpha value is -2.41. The molecule has 3 aliphatic rings. The number of anilines is 1. The smallest absolute Gasteiger partial charge is 0.110 e. The zero-order valence-electron chi connectivity index (χ0n) is 18.9. The summed E-state index contributed by atoms with van der Waals surface area (Å²) >= 11 is 0.